The molecule has 11 heteroatoms. The molecule has 4 N–H and O–H groups in total. The molecule has 0 radical (unpaired) electrons. The third-order valence-electron chi connectivity index (χ3n) is 2.49. The number of aromatic amines is 1. The molecule has 0 unspecified atom stereocenters. The molecular weight excluding hydrogens is 321 g/mol. The number of anilines is 1. The quantitative estimate of drug-likeness (QED) is 0.347. The minimum absolute atomic E-state index is 0. The Bertz CT molecular complexity index is 861. The maximum Gasteiger partial charge on any atom is 1.00 e. The fraction of sp³-hybridized carbons (Fsp3) is 0.0909. The van der Waals surface area contributed by atoms with Gasteiger partial charge in [0.05, 0.1) is 16.3 Å². The van der Waals surface area contributed by atoms with Crippen LogP contribution in [0.1, 0.15) is 5.69 Å². The van der Waals surface area contributed by atoms with Crippen LogP contribution in [0, 0.1) is 6.92 Å². The monoisotopic (exact) mass is 332 g/mol. The minimum atomic E-state index is -4.26. The first kappa shape index (κ1) is 18.5. The maximum absolute atomic E-state index is 11.6. The molecule has 2 rings (SSSR count). The first-order valence-corrected chi connectivity index (χ1v) is 7.07. The van der Waals surface area contributed by atoms with Gasteiger partial charge in [0.15, 0.2) is 5.69 Å². The van der Waals surface area contributed by atoms with Gasteiger partial charge in [-0.05, 0) is 31.2 Å². The van der Waals surface area contributed by atoms with Crippen molar-refractivity contribution in [1.29, 1.82) is 0 Å². The topological polar surface area (TPSA) is 151 Å². The van der Waals surface area contributed by atoms with Gasteiger partial charge in [-0.1, -0.05) is 0 Å². The molecule has 22 heavy (non-hydrogen) atoms. The standard InChI is InChI=1S/C11H11N5O4S.Na/c1-6-9(10(17)14-11(12)13-6)16-15-7-2-4-8(5-3-7)21(18,19)20;/h2-5H,1H3,(H,18,19,20)(H3,12,13,14,17);/q;+1. The predicted molar refractivity (Wildman–Crippen MR) is 74.4 cm³/mol. The Balaban J connectivity index is 0.00000242. The Hall–Kier alpha value is -1.59. The van der Waals surface area contributed by atoms with Crippen molar-refractivity contribution in [3.8, 4) is 0 Å². The van der Waals surface area contributed by atoms with Crippen LogP contribution in [0.2, 0.25) is 0 Å². The third-order valence-corrected chi connectivity index (χ3v) is 3.36. The number of aromatic nitrogens is 2. The summed E-state index contributed by atoms with van der Waals surface area (Å²) in [5.41, 5.74) is 5.47. The van der Waals surface area contributed by atoms with Crippen molar-refractivity contribution >= 4 is 27.4 Å². The van der Waals surface area contributed by atoms with Gasteiger partial charge >= 0.3 is 29.6 Å². The summed E-state index contributed by atoms with van der Waals surface area (Å²) in [6.45, 7) is 1.56. The molecule has 0 bridgehead atoms. The summed E-state index contributed by atoms with van der Waals surface area (Å²) in [6, 6.07) is 5.01. The summed E-state index contributed by atoms with van der Waals surface area (Å²) in [5.74, 6) is -0.0195. The third kappa shape index (κ3) is 4.45. The van der Waals surface area contributed by atoms with E-state index in [1.165, 1.54) is 24.3 Å². The molecule has 9 nitrogen and oxygen atoms in total. The largest absolute Gasteiger partial charge is 1.00 e. The van der Waals surface area contributed by atoms with Gasteiger partial charge < -0.3 is 5.73 Å². The molecule has 1 aromatic heterocycles. The van der Waals surface area contributed by atoms with E-state index in [1.807, 2.05) is 0 Å². The second-order valence-corrected chi connectivity index (χ2v) is 5.48. The van der Waals surface area contributed by atoms with Gasteiger partial charge in [0, 0.05) is 0 Å². The molecule has 2 aromatic rings. The number of nitrogens with two attached hydrogens (primary N) is 1. The van der Waals surface area contributed by atoms with Crippen LogP contribution in [0.25, 0.3) is 0 Å². The first-order chi connectivity index (χ1) is 9.77. The molecule has 1 heterocycles. The Kier molecular flexibility index (Phi) is 5.97. The van der Waals surface area contributed by atoms with Crippen LogP contribution in [0.3, 0.4) is 0 Å². The van der Waals surface area contributed by atoms with Gasteiger partial charge in [0.25, 0.3) is 15.7 Å². The SMILES string of the molecule is Cc1nc(N)[nH]c(=O)c1N=Nc1ccc(S(=O)(=O)O)cc1.[Na+]. The average Bonchev–Trinajstić information content (AvgIpc) is 2.37. The van der Waals surface area contributed by atoms with Crippen molar-refractivity contribution in [2.75, 3.05) is 5.73 Å². The zero-order chi connectivity index (χ0) is 15.6. The Morgan fingerprint density at radius 3 is 2.32 bits per heavy atom. The molecule has 0 aliphatic heterocycles. The smallest absolute Gasteiger partial charge is 0.369 e. The Labute approximate surface area is 147 Å². The second kappa shape index (κ2) is 7.11. The summed E-state index contributed by atoms with van der Waals surface area (Å²) in [6.07, 6.45) is 0. The maximum atomic E-state index is 11.6. The first-order valence-electron chi connectivity index (χ1n) is 5.63. The zero-order valence-corrected chi connectivity index (χ0v) is 14.6. The van der Waals surface area contributed by atoms with Crippen molar-refractivity contribution in [2.45, 2.75) is 11.8 Å². The van der Waals surface area contributed by atoms with E-state index in [9.17, 15) is 13.2 Å². The number of nitrogens with zero attached hydrogens (tertiary/aromatic N) is 3. The summed E-state index contributed by atoms with van der Waals surface area (Å²) in [4.78, 5) is 17.5. The van der Waals surface area contributed by atoms with Crippen molar-refractivity contribution in [2.24, 2.45) is 10.2 Å². The molecule has 110 valence electrons. The molecule has 0 amide bonds. The van der Waals surface area contributed by atoms with Gasteiger partial charge in [-0.15, -0.1) is 5.11 Å². The summed E-state index contributed by atoms with van der Waals surface area (Å²) in [5, 5.41) is 7.56. The van der Waals surface area contributed by atoms with Gasteiger partial charge in [0.1, 0.15) is 0 Å². The fourth-order valence-corrected chi connectivity index (χ4v) is 1.99. The van der Waals surface area contributed by atoms with Gasteiger partial charge in [-0.2, -0.15) is 13.5 Å². The molecule has 0 fully saturated rings. The van der Waals surface area contributed by atoms with Crippen LogP contribution < -0.4 is 40.9 Å². The van der Waals surface area contributed by atoms with Gasteiger partial charge in [0.2, 0.25) is 5.95 Å². The predicted octanol–water partition coefficient (Wildman–Crippen LogP) is -1.67. The van der Waals surface area contributed by atoms with Crippen LogP contribution in [-0.2, 0) is 10.1 Å². The van der Waals surface area contributed by atoms with Crippen LogP contribution in [-0.4, -0.2) is 22.9 Å². The van der Waals surface area contributed by atoms with Crippen molar-refractivity contribution in [1.82, 2.24) is 9.97 Å². The van der Waals surface area contributed by atoms with E-state index in [1.54, 1.807) is 6.92 Å². The number of nitrogens with one attached hydrogen (secondary N) is 1. The minimum Gasteiger partial charge on any atom is -0.369 e. The van der Waals surface area contributed by atoms with Crippen LogP contribution in [0.5, 0.6) is 0 Å². The molecule has 0 aliphatic carbocycles. The van der Waals surface area contributed by atoms with E-state index < -0.39 is 15.7 Å². The van der Waals surface area contributed by atoms with Crippen molar-refractivity contribution in [3.63, 3.8) is 0 Å². The average molecular weight is 332 g/mol. The number of hydrogen-bond acceptors (Lipinski definition) is 7. The Morgan fingerprint density at radius 2 is 1.82 bits per heavy atom. The van der Waals surface area contributed by atoms with Gasteiger partial charge in [-0.3, -0.25) is 14.3 Å². The van der Waals surface area contributed by atoms with Crippen LogP contribution >= 0.6 is 0 Å². The number of aryl methyl sites for hydroxylation is 1. The normalized spacial score (nSPS) is 11.4. The molecule has 0 spiro atoms. The molecule has 1 aromatic carbocycles. The van der Waals surface area contributed by atoms with Crippen LogP contribution in [0.4, 0.5) is 17.3 Å². The molecule has 0 saturated carbocycles. The number of rotatable bonds is 3. The second-order valence-electron chi connectivity index (χ2n) is 4.05. The number of azo groups is 1. The molecule has 0 aliphatic rings. The van der Waals surface area contributed by atoms with E-state index >= 15 is 0 Å². The van der Waals surface area contributed by atoms with E-state index in [-0.39, 0.29) is 46.1 Å². The number of nitrogen functional groups attached to an aromatic ring is 1. The number of H-pyrrole nitrogens is 1. The number of benzene rings is 1. The molecule has 0 atom stereocenters. The van der Waals surface area contributed by atoms with Crippen molar-refractivity contribution < 1.29 is 42.5 Å². The molecule has 0 saturated heterocycles. The van der Waals surface area contributed by atoms with Crippen LogP contribution in [0.15, 0.2) is 44.2 Å². The summed E-state index contributed by atoms with van der Waals surface area (Å²) >= 11 is 0. The Morgan fingerprint density at radius 1 is 1.23 bits per heavy atom. The van der Waals surface area contributed by atoms with E-state index in [2.05, 4.69) is 20.2 Å². The van der Waals surface area contributed by atoms with E-state index in [4.69, 9.17) is 10.3 Å². The van der Waals surface area contributed by atoms with Gasteiger partial charge in [-0.25, -0.2) is 4.98 Å². The molecular formula is C11H11N5NaO4S+. The van der Waals surface area contributed by atoms with Crippen molar-refractivity contribution in [3.05, 3.63) is 40.3 Å². The van der Waals surface area contributed by atoms with E-state index in [0.717, 1.165) is 0 Å². The zero-order valence-electron chi connectivity index (χ0n) is 11.8. The summed E-state index contributed by atoms with van der Waals surface area (Å²) < 4.78 is 30.6. The number of hydrogen-bond donors (Lipinski definition) is 3. The van der Waals surface area contributed by atoms with E-state index in [0.29, 0.717) is 11.4 Å². The fourth-order valence-electron chi connectivity index (χ4n) is 1.51. The summed E-state index contributed by atoms with van der Waals surface area (Å²) in [7, 11) is -4.26.